The predicted molar refractivity (Wildman–Crippen MR) is 58.1 cm³/mol. The van der Waals surface area contributed by atoms with Crippen LogP contribution in [-0.4, -0.2) is 4.30 Å². The maximum absolute atomic E-state index is 4.81. The lowest BCUT2D eigenvalue weighted by Gasteiger charge is -2.06. The molecule has 0 spiro atoms. The van der Waals surface area contributed by atoms with Gasteiger partial charge < -0.3 is 0 Å². The van der Waals surface area contributed by atoms with Crippen molar-refractivity contribution in [1.82, 2.24) is 0 Å². The average Bonchev–Trinajstić information content (AvgIpc) is 2.05. The highest BCUT2D eigenvalue weighted by Crippen LogP contribution is 2.16. The number of hydrogen-bond donors (Lipinski definition) is 0. The van der Waals surface area contributed by atoms with Gasteiger partial charge in [-0.3, -0.25) is 0 Å². The standard InChI is InChI=1S/C8H12.CHCl3/c1-2-8-6-4-3-5-7-8;2-1(3)4/h2,6H,1,3-5,7H2;1H. The molecule has 1 aliphatic rings. The van der Waals surface area contributed by atoms with Crippen LogP contribution in [0, 0.1) is 0 Å². The largest absolute Gasteiger partial charge is 0.180 e. The maximum Gasteiger partial charge on any atom is 0.180 e. The third kappa shape index (κ3) is 8.45. The summed E-state index contributed by atoms with van der Waals surface area (Å²) in [6.45, 7) is 3.72. The summed E-state index contributed by atoms with van der Waals surface area (Å²) in [5.74, 6) is 0. The normalized spacial score (nSPS) is 16.2. The summed E-state index contributed by atoms with van der Waals surface area (Å²) < 4.78 is -0.750. The minimum absolute atomic E-state index is 0.750. The van der Waals surface area contributed by atoms with Crippen LogP contribution in [0.3, 0.4) is 0 Å². The monoisotopic (exact) mass is 226 g/mol. The fraction of sp³-hybridized carbons (Fsp3) is 0.556. The van der Waals surface area contributed by atoms with E-state index >= 15 is 0 Å². The van der Waals surface area contributed by atoms with Gasteiger partial charge in [0.25, 0.3) is 0 Å². The molecule has 1 aliphatic carbocycles. The van der Waals surface area contributed by atoms with Crippen LogP contribution in [0.25, 0.3) is 0 Å². The quantitative estimate of drug-likeness (QED) is 0.572. The third-order valence-corrected chi connectivity index (χ3v) is 1.59. The van der Waals surface area contributed by atoms with Gasteiger partial charge in [0.15, 0.2) is 4.30 Å². The first-order valence-electron chi connectivity index (χ1n) is 3.90. The van der Waals surface area contributed by atoms with Crippen LogP contribution in [0.2, 0.25) is 0 Å². The van der Waals surface area contributed by atoms with E-state index in [1.54, 1.807) is 0 Å². The Morgan fingerprint density at radius 1 is 1.33 bits per heavy atom. The molecule has 0 aromatic heterocycles. The summed E-state index contributed by atoms with van der Waals surface area (Å²) in [5, 5.41) is 0. The number of rotatable bonds is 1. The molecule has 0 saturated heterocycles. The molecule has 3 heteroatoms. The molecule has 0 amide bonds. The van der Waals surface area contributed by atoms with Crippen LogP contribution >= 0.6 is 34.8 Å². The highest BCUT2D eigenvalue weighted by Gasteiger charge is 1.97. The van der Waals surface area contributed by atoms with E-state index in [1.165, 1.54) is 31.3 Å². The van der Waals surface area contributed by atoms with Gasteiger partial charge in [-0.25, -0.2) is 0 Å². The van der Waals surface area contributed by atoms with Gasteiger partial charge in [0.2, 0.25) is 0 Å². The molecule has 12 heavy (non-hydrogen) atoms. The lowest BCUT2D eigenvalue weighted by Crippen LogP contribution is -1.86. The summed E-state index contributed by atoms with van der Waals surface area (Å²) in [4.78, 5) is 0. The molecule has 0 bridgehead atoms. The van der Waals surface area contributed by atoms with Gasteiger partial charge in [-0.1, -0.05) is 59.1 Å². The zero-order chi connectivity index (χ0) is 9.40. The smallest absolute Gasteiger partial charge is 0.0988 e. The van der Waals surface area contributed by atoms with E-state index in [9.17, 15) is 0 Å². The summed E-state index contributed by atoms with van der Waals surface area (Å²) in [7, 11) is 0. The first-order chi connectivity index (χ1) is 5.66. The van der Waals surface area contributed by atoms with E-state index < -0.39 is 4.30 Å². The highest BCUT2D eigenvalue weighted by atomic mass is 35.6. The van der Waals surface area contributed by atoms with Crippen LogP contribution in [-0.2, 0) is 0 Å². The summed E-state index contributed by atoms with van der Waals surface area (Å²) >= 11 is 14.4. The molecule has 0 N–H and O–H groups in total. The molecule has 0 fully saturated rings. The highest BCUT2D eigenvalue weighted by molar-refractivity contribution is 6.63. The van der Waals surface area contributed by atoms with Gasteiger partial charge >= 0.3 is 0 Å². The van der Waals surface area contributed by atoms with Crippen LogP contribution < -0.4 is 0 Å². The Labute approximate surface area is 89.2 Å². The van der Waals surface area contributed by atoms with Crippen molar-refractivity contribution in [2.24, 2.45) is 0 Å². The van der Waals surface area contributed by atoms with E-state index in [-0.39, 0.29) is 0 Å². The third-order valence-electron chi connectivity index (χ3n) is 1.59. The number of halogens is 3. The molecular formula is C9H13Cl3. The molecular weight excluding hydrogens is 214 g/mol. The van der Waals surface area contributed by atoms with Crippen molar-refractivity contribution in [3.05, 3.63) is 24.3 Å². The first kappa shape index (κ1) is 12.3. The van der Waals surface area contributed by atoms with Crippen molar-refractivity contribution < 1.29 is 0 Å². The van der Waals surface area contributed by atoms with Crippen LogP contribution in [0.15, 0.2) is 24.3 Å². The Morgan fingerprint density at radius 3 is 2.17 bits per heavy atom. The van der Waals surface area contributed by atoms with Crippen LogP contribution in [0.5, 0.6) is 0 Å². The molecule has 0 aromatic rings. The van der Waals surface area contributed by atoms with Gasteiger partial charge in [-0.15, -0.1) is 0 Å². The average molecular weight is 228 g/mol. The van der Waals surface area contributed by atoms with Crippen LogP contribution in [0.1, 0.15) is 25.7 Å². The second-order valence-corrected chi connectivity index (χ2v) is 4.46. The van der Waals surface area contributed by atoms with Crippen molar-refractivity contribution >= 4 is 34.8 Å². The minimum Gasteiger partial charge on any atom is -0.0988 e. The molecule has 0 saturated carbocycles. The molecule has 0 aliphatic heterocycles. The number of hydrogen-bond acceptors (Lipinski definition) is 0. The first-order valence-corrected chi connectivity index (χ1v) is 5.21. The summed E-state index contributed by atoms with van der Waals surface area (Å²) in [6.07, 6.45) is 9.51. The molecule has 0 heterocycles. The lowest BCUT2D eigenvalue weighted by atomic mass is 10.0. The molecule has 0 radical (unpaired) electrons. The van der Waals surface area contributed by atoms with E-state index in [0.717, 1.165) is 0 Å². The van der Waals surface area contributed by atoms with Crippen molar-refractivity contribution in [1.29, 1.82) is 0 Å². The second kappa shape index (κ2) is 7.97. The zero-order valence-electron chi connectivity index (χ0n) is 6.90. The Hall–Kier alpha value is 0.350. The Morgan fingerprint density at radius 2 is 1.92 bits per heavy atom. The van der Waals surface area contributed by atoms with Gasteiger partial charge in [0.05, 0.1) is 0 Å². The Balaban J connectivity index is 0.000000261. The number of alkyl halides is 3. The lowest BCUT2D eigenvalue weighted by molar-refractivity contribution is 0.712. The number of allylic oxidation sites excluding steroid dienone is 3. The fourth-order valence-electron chi connectivity index (χ4n) is 1.05. The molecule has 70 valence electrons. The topological polar surface area (TPSA) is 0 Å². The maximum atomic E-state index is 4.81. The second-order valence-electron chi connectivity index (χ2n) is 2.48. The molecule has 0 atom stereocenters. The van der Waals surface area contributed by atoms with E-state index in [4.69, 9.17) is 34.8 Å². The van der Waals surface area contributed by atoms with Gasteiger partial charge in [0, 0.05) is 0 Å². The summed E-state index contributed by atoms with van der Waals surface area (Å²) in [6, 6.07) is 0. The molecule has 0 aromatic carbocycles. The fourth-order valence-corrected chi connectivity index (χ4v) is 1.05. The molecule has 1 rings (SSSR count). The zero-order valence-corrected chi connectivity index (χ0v) is 9.17. The van der Waals surface area contributed by atoms with E-state index in [1.807, 2.05) is 6.08 Å². The Bertz CT molecular complexity index is 147. The van der Waals surface area contributed by atoms with E-state index in [2.05, 4.69) is 12.7 Å². The molecule has 0 unspecified atom stereocenters. The SMILES string of the molecule is C=CC1=CCCCC1.ClC(Cl)Cl. The van der Waals surface area contributed by atoms with E-state index in [0.29, 0.717) is 0 Å². The van der Waals surface area contributed by atoms with Gasteiger partial charge in [-0.05, 0) is 25.7 Å². The Kier molecular flexibility index (Phi) is 8.20. The van der Waals surface area contributed by atoms with Crippen molar-refractivity contribution in [3.63, 3.8) is 0 Å². The van der Waals surface area contributed by atoms with Crippen molar-refractivity contribution in [3.8, 4) is 0 Å². The minimum atomic E-state index is -0.750. The van der Waals surface area contributed by atoms with Gasteiger partial charge in [-0.2, -0.15) is 0 Å². The van der Waals surface area contributed by atoms with Crippen LogP contribution in [0.4, 0.5) is 0 Å². The van der Waals surface area contributed by atoms with Crippen molar-refractivity contribution in [2.45, 2.75) is 30.0 Å². The van der Waals surface area contributed by atoms with Crippen molar-refractivity contribution in [2.75, 3.05) is 0 Å². The molecule has 0 nitrogen and oxygen atoms in total. The predicted octanol–water partition coefficient (Wildman–Crippen LogP) is 4.66. The van der Waals surface area contributed by atoms with Gasteiger partial charge in [0.1, 0.15) is 0 Å². The summed E-state index contributed by atoms with van der Waals surface area (Å²) in [5.41, 5.74) is 1.44.